The average molecular weight is 359 g/mol. The number of amides is 1. The van der Waals surface area contributed by atoms with Crippen molar-refractivity contribution in [2.24, 2.45) is 5.92 Å². The molecule has 3 nitrogen and oxygen atoms in total. The van der Waals surface area contributed by atoms with Crippen molar-refractivity contribution < 1.29 is 4.79 Å². The normalized spacial score (nSPS) is 11.2. The Morgan fingerprint density at radius 1 is 1.30 bits per heavy atom. The summed E-state index contributed by atoms with van der Waals surface area (Å²) >= 11 is 7.77. The summed E-state index contributed by atoms with van der Waals surface area (Å²) in [5, 5.41) is 0. The summed E-state index contributed by atoms with van der Waals surface area (Å²) in [6.07, 6.45) is 0. The topological polar surface area (TPSA) is 23.6 Å². The third kappa shape index (κ3) is 5.46. The predicted octanol–water partition coefficient (Wildman–Crippen LogP) is 3.40. The molecule has 0 aromatic heterocycles. The third-order valence-electron chi connectivity index (χ3n) is 2.87. The number of carbonyl (C=O) groups is 1. The summed E-state index contributed by atoms with van der Waals surface area (Å²) in [6.45, 7) is 6.60. The first-order chi connectivity index (χ1) is 9.31. The smallest absolute Gasteiger partial charge is 0.255 e. The van der Waals surface area contributed by atoms with Crippen LogP contribution in [0.15, 0.2) is 27.6 Å². The standard InChI is InChI=1S/C15H23BrN2OS/c1-11(2)10-18(8-7-17(3)4)15(19)13-9-12(20)5-6-14(13)16/h5-6,9,11,20H,7-8,10H2,1-4H3. The highest BCUT2D eigenvalue weighted by atomic mass is 79.9. The minimum Gasteiger partial charge on any atom is -0.337 e. The van der Waals surface area contributed by atoms with Crippen molar-refractivity contribution in [3.8, 4) is 0 Å². The van der Waals surface area contributed by atoms with Crippen molar-refractivity contribution in [2.75, 3.05) is 33.7 Å². The molecule has 0 aliphatic rings. The van der Waals surface area contributed by atoms with Crippen LogP contribution in [0, 0.1) is 5.92 Å². The lowest BCUT2D eigenvalue weighted by molar-refractivity contribution is 0.0723. The van der Waals surface area contributed by atoms with Crippen molar-refractivity contribution in [1.82, 2.24) is 9.80 Å². The molecule has 0 aliphatic heterocycles. The Morgan fingerprint density at radius 3 is 2.50 bits per heavy atom. The van der Waals surface area contributed by atoms with Gasteiger partial charge in [-0.25, -0.2) is 0 Å². The Balaban J connectivity index is 2.93. The van der Waals surface area contributed by atoms with Crippen LogP contribution in [0.3, 0.4) is 0 Å². The molecule has 0 saturated carbocycles. The van der Waals surface area contributed by atoms with E-state index in [0.29, 0.717) is 11.5 Å². The molecule has 1 rings (SSSR count). The molecule has 1 aromatic carbocycles. The number of thiol groups is 1. The average Bonchev–Trinajstić information content (AvgIpc) is 2.36. The van der Waals surface area contributed by atoms with Gasteiger partial charge in [0.1, 0.15) is 0 Å². The van der Waals surface area contributed by atoms with Crippen molar-refractivity contribution in [3.63, 3.8) is 0 Å². The van der Waals surface area contributed by atoms with E-state index in [4.69, 9.17) is 0 Å². The molecule has 0 heterocycles. The quantitative estimate of drug-likeness (QED) is 0.787. The van der Waals surface area contributed by atoms with Crippen molar-refractivity contribution >= 4 is 34.5 Å². The van der Waals surface area contributed by atoms with Crippen LogP contribution in [-0.2, 0) is 0 Å². The van der Waals surface area contributed by atoms with Gasteiger partial charge < -0.3 is 9.80 Å². The van der Waals surface area contributed by atoms with Gasteiger partial charge in [-0.05, 0) is 54.1 Å². The maximum Gasteiger partial charge on any atom is 0.255 e. The van der Waals surface area contributed by atoms with Crippen molar-refractivity contribution in [2.45, 2.75) is 18.7 Å². The summed E-state index contributed by atoms with van der Waals surface area (Å²) in [5.41, 5.74) is 0.678. The van der Waals surface area contributed by atoms with E-state index in [0.717, 1.165) is 29.0 Å². The van der Waals surface area contributed by atoms with Crippen LogP contribution in [0.25, 0.3) is 0 Å². The zero-order valence-corrected chi connectivity index (χ0v) is 15.0. The van der Waals surface area contributed by atoms with E-state index in [1.165, 1.54) is 0 Å². The summed E-state index contributed by atoms with van der Waals surface area (Å²) in [7, 11) is 4.03. The number of likely N-dealkylation sites (N-methyl/N-ethyl adjacent to an activating group) is 1. The number of nitrogens with zero attached hydrogens (tertiary/aromatic N) is 2. The van der Waals surface area contributed by atoms with E-state index in [-0.39, 0.29) is 5.91 Å². The molecule has 0 saturated heterocycles. The van der Waals surface area contributed by atoms with Crippen LogP contribution in [-0.4, -0.2) is 49.4 Å². The first-order valence-electron chi connectivity index (χ1n) is 6.73. The molecule has 0 aliphatic carbocycles. The summed E-state index contributed by atoms with van der Waals surface area (Å²) in [6, 6.07) is 5.56. The fourth-order valence-corrected chi connectivity index (χ4v) is 2.50. The molecule has 0 N–H and O–H groups in total. The zero-order valence-electron chi connectivity index (χ0n) is 12.6. The molecule has 20 heavy (non-hydrogen) atoms. The van der Waals surface area contributed by atoms with Gasteiger partial charge in [0.25, 0.3) is 5.91 Å². The number of benzene rings is 1. The summed E-state index contributed by atoms with van der Waals surface area (Å²) in [5.74, 6) is 0.502. The SMILES string of the molecule is CC(C)CN(CCN(C)C)C(=O)c1cc(S)ccc1Br. The van der Waals surface area contributed by atoms with E-state index in [1.807, 2.05) is 37.2 Å². The number of halogens is 1. The van der Waals surface area contributed by atoms with Gasteiger partial charge in [-0.3, -0.25) is 4.79 Å². The molecule has 1 aromatic rings. The second-order valence-corrected chi connectivity index (χ2v) is 6.98. The number of hydrogen-bond donors (Lipinski definition) is 1. The third-order valence-corrected chi connectivity index (χ3v) is 3.84. The van der Waals surface area contributed by atoms with E-state index in [9.17, 15) is 4.79 Å². The largest absolute Gasteiger partial charge is 0.337 e. The van der Waals surface area contributed by atoms with Gasteiger partial charge >= 0.3 is 0 Å². The maximum atomic E-state index is 12.7. The van der Waals surface area contributed by atoms with Gasteiger partial charge in [0.05, 0.1) is 5.56 Å². The number of rotatable bonds is 6. The lowest BCUT2D eigenvalue weighted by Crippen LogP contribution is -2.39. The maximum absolute atomic E-state index is 12.7. The first-order valence-corrected chi connectivity index (χ1v) is 7.97. The Morgan fingerprint density at radius 2 is 1.95 bits per heavy atom. The lowest BCUT2D eigenvalue weighted by Gasteiger charge is -2.26. The molecule has 0 unspecified atom stereocenters. The van der Waals surface area contributed by atoms with Gasteiger partial charge in [-0.2, -0.15) is 0 Å². The highest BCUT2D eigenvalue weighted by Crippen LogP contribution is 2.22. The van der Waals surface area contributed by atoms with Crippen LogP contribution in [0.2, 0.25) is 0 Å². The predicted molar refractivity (Wildman–Crippen MR) is 90.7 cm³/mol. The Labute approximate surface area is 135 Å². The summed E-state index contributed by atoms with van der Waals surface area (Å²) in [4.78, 5) is 17.5. The van der Waals surface area contributed by atoms with Gasteiger partial charge in [0, 0.05) is 29.0 Å². The van der Waals surface area contributed by atoms with Crippen LogP contribution >= 0.6 is 28.6 Å². The van der Waals surface area contributed by atoms with Gasteiger partial charge in [-0.1, -0.05) is 13.8 Å². The second kappa shape index (κ2) is 8.05. The van der Waals surface area contributed by atoms with Crippen LogP contribution in [0.5, 0.6) is 0 Å². The molecule has 0 atom stereocenters. The molecule has 112 valence electrons. The zero-order chi connectivity index (χ0) is 15.3. The molecule has 5 heteroatoms. The Bertz CT molecular complexity index is 463. The Hall–Kier alpha value is -0.520. The molecule has 0 bridgehead atoms. The van der Waals surface area contributed by atoms with Crippen LogP contribution in [0.1, 0.15) is 24.2 Å². The van der Waals surface area contributed by atoms with Gasteiger partial charge in [-0.15, -0.1) is 12.6 Å². The molecular weight excluding hydrogens is 336 g/mol. The first kappa shape index (κ1) is 17.5. The second-order valence-electron chi connectivity index (χ2n) is 5.61. The van der Waals surface area contributed by atoms with E-state index < -0.39 is 0 Å². The molecule has 0 radical (unpaired) electrons. The highest BCUT2D eigenvalue weighted by Gasteiger charge is 2.19. The van der Waals surface area contributed by atoms with Crippen LogP contribution < -0.4 is 0 Å². The highest BCUT2D eigenvalue weighted by molar-refractivity contribution is 9.10. The molecule has 0 fully saturated rings. The minimum atomic E-state index is 0.0586. The van der Waals surface area contributed by atoms with Gasteiger partial charge in [0.15, 0.2) is 0 Å². The van der Waals surface area contributed by atoms with Crippen molar-refractivity contribution in [1.29, 1.82) is 0 Å². The fraction of sp³-hybridized carbons (Fsp3) is 0.533. The number of carbonyl (C=O) groups excluding carboxylic acids is 1. The van der Waals surface area contributed by atoms with E-state index >= 15 is 0 Å². The summed E-state index contributed by atoms with van der Waals surface area (Å²) < 4.78 is 0.818. The molecular formula is C15H23BrN2OS. The fourth-order valence-electron chi connectivity index (χ4n) is 1.88. The molecule has 1 amide bonds. The van der Waals surface area contributed by atoms with Crippen molar-refractivity contribution in [3.05, 3.63) is 28.2 Å². The van der Waals surface area contributed by atoms with Crippen LogP contribution in [0.4, 0.5) is 0 Å². The number of hydrogen-bond acceptors (Lipinski definition) is 3. The lowest BCUT2D eigenvalue weighted by atomic mass is 10.1. The monoisotopic (exact) mass is 358 g/mol. The Kier molecular flexibility index (Phi) is 7.06. The van der Waals surface area contributed by atoms with E-state index in [1.54, 1.807) is 0 Å². The molecule has 0 spiro atoms. The van der Waals surface area contributed by atoms with E-state index in [2.05, 4.69) is 47.3 Å². The van der Waals surface area contributed by atoms with Gasteiger partial charge in [0.2, 0.25) is 0 Å². The minimum absolute atomic E-state index is 0.0586.